The second-order valence-electron chi connectivity index (χ2n) is 6.80. The number of nitrogens with one attached hydrogen (secondary N) is 1. The average molecular weight is 324 g/mol. The molecule has 4 nitrogen and oxygen atoms in total. The van der Waals surface area contributed by atoms with Crippen LogP contribution in [-0.2, 0) is 0 Å². The smallest absolute Gasteiger partial charge is 0.136 e. The summed E-state index contributed by atoms with van der Waals surface area (Å²) in [4.78, 5) is 11.8. The quantitative estimate of drug-likeness (QED) is 0.867. The number of aryl methyl sites for hydroxylation is 3. The van der Waals surface area contributed by atoms with Crippen molar-refractivity contribution in [3.63, 3.8) is 0 Å². The van der Waals surface area contributed by atoms with Gasteiger partial charge in [-0.15, -0.1) is 0 Å². The van der Waals surface area contributed by atoms with Crippen LogP contribution in [0.3, 0.4) is 0 Å². The SMILES string of the molecule is CCC1CCCCN1c1cc(Nc2c(C)cccc2C)nc(C)n1. The lowest BCUT2D eigenvalue weighted by Crippen LogP contribution is -2.39. The monoisotopic (exact) mass is 324 g/mol. The number of nitrogens with zero attached hydrogens (tertiary/aromatic N) is 3. The molecule has 1 aromatic heterocycles. The zero-order chi connectivity index (χ0) is 17.1. The van der Waals surface area contributed by atoms with Crippen LogP contribution in [0.1, 0.15) is 49.6 Å². The molecule has 0 saturated carbocycles. The first-order valence-electron chi connectivity index (χ1n) is 9.04. The number of hydrogen-bond donors (Lipinski definition) is 1. The van der Waals surface area contributed by atoms with E-state index in [1.54, 1.807) is 0 Å². The Morgan fingerprint density at radius 2 is 1.88 bits per heavy atom. The molecule has 24 heavy (non-hydrogen) atoms. The largest absolute Gasteiger partial charge is 0.353 e. The number of rotatable bonds is 4. The molecule has 128 valence electrons. The minimum absolute atomic E-state index is 0.598. The molecule has 1 atom stereocenters. The molecule has 0 radical (unpaired) electrons. The van der Waals surface area contributed by atoms with Crippen LogP contribution in [0.25, 0.3) is 0 Å². The van der Waals surface area contributed by atoms with Crippen molar-refractivity contribution in [2.24, 2.45) is 0 Å². The fourth-order valence-electron chi connectivity index (χ4n) is 3.63. The van der Waals surface area contributed by atoms with Crippen molar-refractivity contribution in [1.82, 2.24) is 9.97 Å². The third-order valence-electron chi connectivity index (χ3n) is 4.95. The van der Waals surface area contributed by atoms with E-state index in [1.165, 1.54) is 36.8 Å². The van der Waals surface area contributed by atoms with E-state index in [-0.39, 0.29) is 0 Å². The van der Waals surface area contributed by atoms with Crippen LogP contribution in [-0.4, -0.2) is 22.6 Å². The van der Waals surface area contributed by atoms with Gasteiger partial charge in [0.1, 0.15) is 17.5 Å². The number of benzene rings is 1. The van der Waals surface area contributed by atoms with Crippen molar-refractivity contribution >= 4 is 17.3 Å². The molecule has 3 rings (SSSR count). The second kappa shape index (κ2) is 7.20. The highest BCUT2D eigenvalue weighted by Gasteiger charge is 2.22. The fourth-order valence-corrected chi connectivity index (χ4v) is 3.63. The summed E-state index contributed by atoms with van der Waals surface area (Å²) in [6.07, 6.45) is 5.01. The molecule has 1 aliphatic heterocycles. The lowest BCUT2D eigenvalue weighted by Gasteiger charge is -2.36. The molecule has 0 aliphatic carbocycles. The first kappa shape index (κ1) is 16.7. The number of para-hydroxylation sites is 1. The molecular weight excluding hydrogens is 296 g/mol. The Morgan fingerprint density at radius 3 is 2.58 bits per heavy atom. The van der Waals surface area contributed by atoms with E-state index in [4.69, 9.17) is 4.98 Å². The molecule has 2 aromatic rings. The number of piperidine rings is 1. The van der Waals surface area contributed by atoms with Gasteiger partial charge in [-0.2, -0.15) is 0 Å². The normalized spacial score (nSPS) is 17.8. The van der Waals surface area contributed by atoms with Crippen molar-refractivity contribution in [2.45, 2.75) is 59.4 Å². The van der Waals surface area contributed by atoms with Crippen LogP contribution in [0.2, 0.25) is 0 Å². The predicted molar refractivity (Wildman–Crippen MR) is 101 cm³/mol. The van der Waals surface area contributed by atoms with Gasteiger partial charge in [-0.05, 0) is 57.6 Å². The van der Waals surface area contributed by atoms with Crippen molar-refractivity contribution in [3.05, 3.63) is 41.2 Å². The lowest BCUT2D eigenvalue weighted by atomic mass is 10.00. The summed E-state index contributed by atoms with van der Waals surface area (Å²) in [6, 6.07) is 9.05. The van der Waals surface area contributed by atoms with E-state index in [0.717, 1.165) is 29.7 Å². The minimum Gasteiger partial charge on any atom is -0.353 e. The highest BCUT2D eigenvalue weighted by atomic mass is 15.2. The molecular formula is C20H28N4. The minimum atomic E-state index is 0.598. The van der Waals surface area contributed by atoms with E-state index in [0.29, 0.717) is 6.04 Å². The summed E-state index contributed by atoms with van der Waals surface area (Å²) in [7, 11) is 0. The summed E-state index contributed by atoms with van der Waals surface area (Å²) in [5.41, 5.74) is 3.61. The van der Waals surface area contributed by atoms with Crippen molar-refractivity contribution in [1.29, 1.82) is 0 Å². The Kier molecular flexibility index (Phi) is 5.03. The Morgan fingerprint density at radius 1 is 1.12 bits per heavy atom. The lowest BCUT2D eigenvalue weighted by molar-refractivity contribution is 0.446. The first-order chi connectivity index (χ1) is 11.6. The second-order valence-corrected chi connectivity index (χ2v) is 6.80. The van der Waals surface area contributed by atoms with Gasteiger partial charge in [-0.25, -0.2) is 9.97 Å². The van der Waals surface area contributed by atoms with E-state index >= 15 is 0 Å². The molecule has 1 unspecified atom stereocenters. The highest BCUT2D eigenvalue weighted by molar-refractivity contribution is 5.66. The molecule has 2 heterocycles. The summed E-state index contributed by atoms with van der Waals surface area (Å²) in [5, 5.41) is 3.52. The third-order valence-corrected chi connectivity index (χ3v) is 4.95. The molecule has 1 aliphatic rings. The zero-order valence-electron chi connectivity index (χ0n) is 15.3. The molecule has 1 N–H and O–H groups in total. The summed E-state index contributed by atoms with van der Waals surface area (Å²) < 4.78 is 0. The molecule has 1 saturated heterocycles. The summed E-state index contributed by atoms with van der Waals surface area (Å²) in [5.74, 6) is 2.76. The number of hydrogen-bond acceptors (Lipinski definition) is 4. The standard InChI is InChI=1S/C20H28N4/c1-5-17-11-6-7-12-24(17)19-13-18(21-16(4)22-19)23-20-14(2)9-8-10-15(20)3/h8-10,13,17H,5-7,11-12H2,1-4H3,(H,21,22,23). The van der Waals surface area contributed by atoms with Gasteiger partial charge in [0.05, 0.1) is 0 Å². The van der Waals surface area contributed by atoms with Crippen molar-refractivity contribution < 1.29 is 0 Å². The maximum atomic E-state index is 4.72. The number of anilines is 3. The van der Waals surface area contributed by atoms with Crippen LogP contribution < -0.4 is 10.2 Å². The van der Waals surface area contributed by atoms with Crippen LogP contribution in [0.15, 0.2) is 24.3 Å². The highest BCUT2D eigenvalue weighted by Crippen LogP contribution is 2.29. The first-order valence-corrected chi connectivity index (χ1v) is 9.04. The van der Waals surface area contributed by atoms with Gasteiger partial charge < -0.3 is 10.2 Å². The predicted octanol–water partition coefficient (Wildman–Crippen LogP) is 4.91. The zero-order valence-corrected chi connectivity index (χ0v) is 15.3. The Bertz CT molecular complexity index is 691. The molecule has 1 fully saturated rings. The average Bonchev–Trinajstić information content (AvgIpc) is 2.58. The van der Waals surface area contributed by atoms with Crippen LogP contribution in [0.5, 0.6) is 0 Å². The van der Waals surface area contributed by atoms with E-state index < -0.39 is 0 Å². The van der Waals surface area contributed by atoms with Gasteiger partial charge in [-0.3, -0.25) is 0 Å². The Balaban J connectivity index is 1.91. The maximum absolute atomic E-state index is 4.72. The molecule has 0 spiro atoms. The molecule has 0 amide bonds. The fraction of sp³-hybridized carbons (Fsp3) is 0.500. The topological polar surface area (TPSA) is 41.0 Å². The van der Waals surface area contributed by atoms with Gasteiger partial charge in [0, 0.05) is 24.3 Å². The summed E-state index contributed by atoms with van der Waals surface area (Å²) in [6.45, 7) is 9.60. The van der Waals surface area contributed by atoms with Gasteiger partial charge in [0.2, 0.25) is 0 Å². The van der Waals surface area contributed by atoms with E-state index in [9.17, 15) is 0 Å². The molecule has 1 aromatic carbocycles. The Hall–Kier alpha value is -2.10. The van der Waals surface area contributed by atoms with Gasteiger partial charge in [-0.1, -0.05) is 25.1 Å². The summed E-state index contributed by atoms with van der Waals surface area (Å²) >= 11 is 0. The van der Waals surface area contributed by atoms with Crippen LogP contribution >= 0.6 is 0 Å². The molecule has 0 bridgehead atoms. The third kappa shape index (κ3) is 3.53. The van der Waals surface area contributed by atoms with E-state index in [2.05, 4.69) is 60.2 Å². The Labute approximate surface area is 145 Å². The number of aromatic nitrogens is 2. The van der Waals surface area contributed by atoms with Gasteiger partial charge >= 0.3 is 0 Å². The van der Waals surface area contributed by atoms with E-state index in [1.807, 2.05) is 6.92 Å². The van der Waals surface area contributed by atoms with Gasteiger partial charge in [0.25, 0.3) is 0 Å². The van der Waals surface area contributed by atoms with Gasteiger partial charge in [0.15, 0.2) is 0 Å². The van der Waals surface area contributed by atoms with Crippen molar-refractivity contribution in [2.75, 3.05) is 16.8 Å². The van der Waals surface area contributed by atoms with Crippen LogP contribution in [0, 0.1) is 20.8 Å². The maximum Gasteiger partial charge on any atom is 0.136 e. The van der Waals surface area contributed by atoms with Crippen LogP contribution in [0.4, 0.5) is 17.3 Å². The van der Waals surface area contributed by atoms with Crippen molar-refractivity contribution in [3.8, 4) is 0 Å². The molecule has 4 heteroatoms.